The predicted octanol–water partition coefficient (Wildman–Crippen LogP) is 2.69. The van der Waals surface area contributed by atoms with Gasteiger partial charge in [-0.3, -0.25) is 9.59 Å². The van der Waals surface area contributed by atoms with Gasteiger partial charge in [-0.2, -0.15) is 0 Å². The molecule has 3 rings (SSSR count). The number of nitrogens with zero attached hydrogens (tertiary/aromatic N) is 1. The number of piperidine rings is 1. The smallest absolute Gasteiger partial charge is 0.394 e. The maximum atomic E-state index is 14.3. The molecule has 4 N–H and O–H groups in total. The van der Waals surface area contributed by atoms with Crippen molar-refractivity contribution < 1.29 is 33.4 Å². The summed E-state index contributed by atoms with van der Waals surface area (Å²) in [5, 5.41) is 26.3. The second-order valence-corrected chi connectivity index (χ2v) is 10.2. The molecule has 2 aromatic carbocycles. The van der Waals surface area contributed by atoms with Crippen molar-refractivity contribution >= 4 is 17.8 Å². The molecule has 8 nitrogen and oxygen atoms in total. The molecule has 1 heterocycles. The number of carbonyl (C=O) groups excluding carboxylic acids is 2. The van der Waals surface area contributed by atoms with Gasteiger partial charge in [-0.15, -0.1) is 0 Å². The van der Waals surface area contributed by atoms with Crippen LogP contribution in [0.1, 0.15) is 56.2 Å². The molecule has 0 aromatic heterocycles. The first-order valence-electron chi connectivity index (χ1n) is 12.7. The van der Waals surface area contributed by atoms with Gasteiger partial charge >= 0.3 is 11.9 Å². The van der Waals surface area contributed by atoms with Gasteiger partial charge < -0.3 is 25.7 Å². The number of carbonyl (C=O) groups is 3. The minimum absolute atomic E-state index is 0.0204. The summed E-state index contributed by atoms with van der Waals surface area (Å²) in [4.78, 5) is 36.4. The van der Waals surface area contributed by atoms with Gasteiger partial charge in [0, 0.05) is 38.2 Å². The van der Waals surface area contributed by atoms with Gasteiger partial charge in [-0.25, -0.2) is 13.6 Å². The van der Waals surface area contributed by atoms with Crippen molar-refractivity contribution in [2.24, 2.45) is 0 Å². The van der Waals surface area contributed by atoms with Gasteiger partial charge in [0.05, 0.1) is 12.1 Å². The molecule has 1 fully saturated rings. The maximum absolute atomic E-state index is 14.3. The highest BCUT2D eigenvalue weighted by atomic mass is 19.1. The van der Waals surface area contributed by atoms with Crippen molar-refractivity contribution in [2.45, 2.75) is 63.6 Å². The first-order chi connectivity index (χ1) is 17.9. The van der Waals surface area contributed by atoms with Gasteiger partial charge in [0.2, 0.25) is 5.91 Å². The first kappa shape index (κ1) is 29.2. The van der Waals surface area contributed by atoms with Crippen LogP contribution in [0.25, 0.3) is 0 Å². The van der Waals surface area contributed by atoms with Gasteiger partial charge in [0.15, 0.2) is 0 Å². The number of rotatable bonds is 9. The van der Waals surface area contributed by atoms with Gasteiger partial charge in [0.25, 0.3) is 0 Å². The lowest BCUT2D eigenvalue weighted by molar-refractivity contribution is -0.156. The second kappa shape index (κ2) is 12.4. The van der Waals surface area contributed by atoms with E-state index < -0.39 is 47.1 Å². The van der Waals surface area contributed by atoms with Gasteiger partial charge in [-0.1, -0.05) is 44.2 Å². The molecule has 2 unspecified atom stereocenters. The van der Waals surface area contributed by atoms with E-state index in [1.54, 1.807) is 0 Å². The average Bonchev–Trinajstić information content (AvgIpc) is 2.88. The number of nitrogens with one attached hydrogen (secondary N) is 2. The number of aliphatic hydroxyl groups is 1. The topological polar surface area (TPSA) is 119 Å². The van der Waals surface area contributed by atoms with Crippen molar-refractivity contribution in [3.63, 3.8) is 0 Å². The molecule has 0 aliphatic carbocycles. The molecule has 10 heteroatoms. The number of amides is 2. The van der Waals surface area contributed by atoms with E-state index in [-0.39, 0.29) is 37.5 Å². The summed E-state index contributed by atoms with van der Waals surface area (Å²) < 4.78 is 27.7. The zero-order chi connectivity index (χ0) is 28.0. The zero-order valence-corrected chi connectivity index (χ0v) is 21.8. The largest absolute Gasteiger partial charge is 0.474 e. The Kier molecular flexibility index (Phi) is 9.56. The van der Waals surface area contributed by atoms with Crippen LogP contribution >= 0.6 is 0 Å². The van der Waals surface area contributed by atoms with Crippen LogP contribution in [-0.2, 0) is 26.3 Å². The fraction of sp³-hybridized carbons (Fsp3) is 0.464. The van der Waals surface area contributed by atoms with Crippen molar-refractivity contribution in [1.82, 2.24) is 15.5 Å². The highest BCUT2D eigenvalue weighted by molar-refractivity contribution is 6.31. The van der Waals surface area contributed by atoms with Crippen molar-refractivity contribution in [3.05, 3.63) is 70.8 Å². The fourth-order valence-corrected chi connectivity index (χ4v) is 4.90. The molecule has 1 aliphatic rings. The molecule has 2 atom stereocenters. The molecule has 1 aliphatic heterocycles. The molecule has 38 heavy (non-hydrogen) atoms. The number of halogens is 2. The lowest BCUT2D eigenvalue weighted by Crippen LogP contribution is -2.57. The molecular formula is C28H35F2N3O5. The first-order valence-corrected chi connectivity index (χ1v) is 12.7. The fourth-order valence-electron chi connectivity index (χ4n) is 4.90. The van der Waals surface area contributed by atoms with Crippen molar-refractivity contribution in [3.8, 4) is 0 Å². The number of carboxylic acid groups (broad SMARTS) is 1. The molecule has 0 saturated carbocycles. The van der Waals surface area contributed by atoms with E-state index in [9.17, 15) is 28.3 Å². The Morgan fingerprint density at radius 2 is 1.76 bits per heavy atom. The minimum Gasteiger partial charge on any atom is -0.474 e. The maximum Gasteiger partial charge on any atom is 0.394 e. The summed E-state index contributed by atoms with van der Waals surface area (Å²) in [6.07, 6.45) is -0.382. The Balaban J connectivity index is 1.84. The van der Waals surface area contributed by atoms with Gasteiger partial charge in [-0.05, 0) is 47.9 Å². The van der Waals surface area contributed by atoms with Crippen LogP contribution in [0.15, 0.2) is 42.5 Å². The Bertz CT molecular complexity index is 1160. The van der Waals surface area contributed by atoms with Crippen LogP contribution in [-0.4, -0.2) is 64.7 Å². The number of aliphatic hydroxyl groups excluding tert-OH is 1. The lowest BCUT2D eigenvalue weighted by atomic mass is 9.79. The van der Waals surface area contributed by atoms with Crippen molar-refractivity contribution in [1.29, 1.82) is 0 Å². The molecule has 2 amide bonds. The highest BCUT2D eigenvalue weighted by Gasteiger charge is 2.39. The predicted molar refractivity (Wildman–Crippen MR) is 137 cm³/mol. The average molecular weight is 532 g/mol. The van der Waals surface area contributed by atoms with E-state index in [0.717, 1.165) is 23.3 Å². The summed E-state index contributed by atoms with van der Waals surface area (Å²) in [5.41, 5.74) is 1.53. The quantitative estimate of drug-likeness (QED) is 0.370. The molecule has 0 bridgehead atoms. The molecule has 0 spiro atoms. The van der Waals surface area contributed by atoms with Crippen LogP contribution < -0.4 is 10.6 Å². The third kappa shape index (κ3) is 7.14. The molecule has 1 saturated heterocycles. The number of aliphatic carboxylic acids is 1. The van der Waals surface area contributed by atoms with Crippen LogP contribution in [0.2, 0.25) is 0 Å². The molecular weight excluding hydrogens is 496 g/mol. The third-order valence-electron chi connectivity index (χ3n) is 7.15. The second-order valence-electron chi connectivity index (χ2n) is 10.2. The number of hydrogen-bond donors (Lipinski definition) is 4. The number of benzene rings is 2. The molecule has 206 valence electrons. The Labute approximate surface area is 221 Å². The number of carboxylic acids is 1. The standard InChI is InChI=1S/C28H35F2N3O5/c1-17(2)19-5-4-6-21(13-19)28(9-11-33(12-10-28)26(36)27(37)38)31-16-25(35)24(32-18(3)34)14-20-7-8-22(29)15-23(20)30/h4-8,13,15,17,24-25,31,35H,9-12,14,16H2,1-3H3,(H,32,34)(H,37,38). The van der Waals surface area contributed by atoms with Crippen LogP contribution in [0.4, 0.5) is 8.78 Å². The van der Waals surface area contributed by atoms with Crippen molar-refractivity contribution in [2.75, 3.05) is 19.6 Å². The van der Waals surface area contributed by atoms with E-state index in [1.807, 2.05) is 18.2 Å². The number of hydrogen-bond acceptors (Lipinski definition) is 5. The van der Waals surface area contributed by atoms with E-state index in [0.29, 0.717) is 12.8 Å². The van der Waals surface area contributed by atoms with E-state index in [4.69, 9.17) is 5.11 Å². The van der Waals surface area contributed by atoms with E-state index in [1.165, 1.54) is 17.9 Å². The normalized spacial score (nSPS) is 16.7. The summed E-state index contributed by atoms with van der Waals surface area (Å²) >= 11 is 0. The summed E-state index contributed by atoms with van der Waals surface area (Å²) in [5.74, 6) is -4.09. The van der Waals surface area contributed by atoms with Crippen LogP contribution in [0.3, 0.4) is 0 Å². The minimum atomic E-state index is -1.51. The van der Waals surface area contributed by atoms with Crippen LogP contribution in [0, 0.1) is 11.6 Å². The Hall–Kier alpha value is -3.37. The monoisotopic (exact) mass is 531 g/mol. The Morgan fingerprint density at radius 1 is 1.08 bits per heavy atom. The van der Waals surface area contributed by atoms with E-state index in [2.05, 4.69) is 30.5 Å². The summed E-state index contributed by atoms with van der Waals surface area (Å²) in [7, 11) is 0. The van der Waals surface area contributed by atoms with Crippen LogP contribution in [0.5, 0.6) is 0 Å². The number of likely N-dealkylation sites (tertiary alicyclic amines) is 1. The molecule has 0 radical (unpaired) electrons. The highest BCUT2D eigenvalue weighted by Crippen LogP contribution is 2.35. The van der Waals surface area contributed by atoms with E-state index >= 15 is 0 Å². The van der Waals surface area contributed by atoms with Gasteiger partial charge in [0.1, 0.15) is 11.6 Å². The lowest BCUT2D eigenvalue weighted by Gasteiger charge is -2.43. The zero-order valence-electron chi connectivity index (χ0n) is 21.8. The SMILES string of the molecule is CC(=O)NC(Cc1ccc(F)cc1F)C(O)CNC1(c2cccc(C(C)C)c2)CCN(C(=O)C(=O)O)CC1. The summed E-state index contributed by atoms with van der Waals surface area (Å²) in [6, 6.07) is 10.3. The summed E-state index contributed by atoms with van der Waals surface area (Å²) in [6.45, 7) is 5.87. The molecule has 2 aromatic rings. The third-order valence-corrected chi connectivity index (χ3v) is 7.15. The Morgan fingerprint density at radius 3 is 2.34 bits per heavy atom.